The lowest BCUT2D eigenvalue weighted by atomic mass is 9.75. The van der Waals surface area contributed by atoms with Crippen LogP contribution in [0, 0.1) is 11.8 Å². The normalized spacial score (nSPS) is 22.9. The Balaban J connectivity index is 1.79. The summed E-state index contributed by atoms with van der Waals surface area (Å²) < 4.78 is 1.08. The number of alkyl halides is 6. The summed E-state index contributed by atoms with van der Waals surface area (Å²) in [5, 5.41) is 0. The molecule has 3 unspecified atom stereocenters. The van der Waals surface area contributed by atoms with Gasteiger partial charge in [-0.1, -0.05) is 118 Å². The van der Waals surface area contributed by atoms with Crippen molar-refractivity contribution in [1.82, 2.24) is 0 Å². The monoisotopic (exact) mass is 550 g/mol. The van der Waals surface area contributed by atoms with Crippen molar-refractivity contribution in [2.24, 2.45) is 11.8 Å². The third kappa shape index (κ3) is 4.28. The number of allylic oxidation sites excluding steroid dienone is 2. The minimum Gasteiger partial charge on any atom is -0.427 e. The summed E-state index contributed by atoms with van der Waals surface area (Å²) in [4.78, 5) is 11.3. The van der Waals surface area contributed by atoms with E-state index in [0.717, 1.165) is 6.42 Å². The van der Waals surface area contributed by atoms with Gasteiger partial charge in [-0.25, -0.2) is 0 Å². The fraction of sp³-hybridized carbons (Fsp3) is 0.375. The Morgan fingerprint density at radius 2 is 1.34 bits per heavy atom. The number of hydrogen-bond donors (Lipinski definition) is 0. The summed E-state index contributed by atoms with van der Waals surface area (Å²) in [5.41, 5.74) is 0.611. The van der Waals surface area contributed by atoms with Gasteiger partial charge in [0.05, 0.1) is 0 Å². The molecule has 2 aliphatic carbocycles. The number of benzene rings is 2. The first-order valence-electron chi connectivity index (χ1n) is 10.1. The van der Waals surface area contributed by atoms with Crippen molar-refractivity contribution in [3.8, 4) is 5.75 Å². The molecule has 32 heavy (non-hydrogen) atoms. The van der Waals surface area contributed by atoms with Crippen molar-refractivity contribution in [3.63, 3.8) is 0 Å². The highest BCUT2D eigenvalue weighted by Gasteiger charge is 2.63. The molecule has 1 saturated carbocycles. The number of carbonyl (C=O) groups is 1. The van der Waals surface area contributed by atoms with Crippen LogP contribution in [-0.4, -0.2) is 13.6 Å². The van der Waals surface area contributed by atoms with Crippen LogP contribution in [0.1, 0.15) is 42.4 Å². The van der Waals surface area contributed by atoms with Crippen molar-refractivity contribution in [2.45, 2.75) is 38.7 Å². The maximum atomic E-state index is 11.3. The molecule has 0 spiro atoms. The van der Waals surface area contributed by atoms with Crippen LogP contribution in [-0.2, 0) is 10.2 Å². The fourth-order valence-corrected chi connectivity index (χ4v) is 7.66. The molecule has 0 saturated heterocycles. The highest BCUT2D eigenvalue weighted by atomic mass is 35.6. The zero-order valence-corrected chi connectivity index (χ0v) is 21.5. The number of halogens is 6. The Kier molecular flexibility index (Phi) is 6.80. The first kappa shape index (κ1) is 24.5. The second kappa shape index (κ2) is 8.87. The molecule has 1 fully saturated rings. The van der Waals surface area contributed by atoms with Gasteiger partial charge in [-0.2, -0.15) is 0 Å². The van der Waals surface area contributed by atoms with Gasteiger partial charge in [0.2, 0.25) is 7.59 Å². The Hall–Kier alpha value is -0.610. The Morgan fingerprint density at radius 3 is 1.75 bits per heavy atom. The molecule has 0 aliphatic heterocycles. The molecule has 2 aromatic carbocycles. The summed E-state index contributed by atoms with van der Waals surface area (Å²) >= 11 is 39.2. The highest BCUT2D eigenvalue weighted by Crippen LogP contribution is 2.62. The second-order valence-electron chi connectivity index (χ2n) is 8.37. The average Bonchev–Trinajstić information content (AvgIpc) is 3.31. The van der Waals surface area contributed by atoms with Crippen LogP contribution in [0.2, 0.25) is 0 Å². The number of fused-ring (bicyclic) bond motifs is 2. The topological polar surface area (TPSA) is 26.3 Å². The predicted octanol–water partition coefficient (Wildman–Crippen LogP) is 8.32. The number of carbonyl (C=O) groups excluding carboxylic acids is 1. The van der Waals surface area contributed by atoms with Gasteiger partial charge >= 0.3 is 5.97 Å². The molecule has 0 amide bonds. The highest BCUT2D eigenvalue weighted by molar-refractivity contribution is 6.74. The Morgan fingerprint density at radius 1 is 0.812 bits per heavy atom. The lowest BCUT2D eigenvalue weighted by Gasteiger charge is -2.45. The van der Waals surface area contributed by atoms with E-state index in [1.165, 1.54) is 18.9 Å². The van der Waals surface area contributed by atoms with Crippen LogP contribution < -0.4 is 4.74 Å². The molecule has 2 nitrogen and oxygen atoms in total. The average molecular weight is 553 g/mol. The molecule has 0 N–H and O–H groups in total. The first-order valence-corrected chi connectivity index (χ1v) is 12.4. The maximum absolute atomic E-state index is 11.3. The summed E-state index contributed by atoms with van der Waals surface area (Å²) in [6.45, 7) is 1.31. The molecule has 3 atom stereocenters. The molecule has 170 valence electrons. The number of ether oxygens (including phenoxy) is 1. The summed E-state index contributed by atoms with van der Waals surface area (Å²) in [5.74, 6) is 1.57. The number of rotatable bonds is 4. The van der Waals surface area contributed by atoms with E-state index in [1.807, 2.05) is 24.3 Å². The van der Waals surface area contributed by atoms with Crippen molar-refractivity contribution in [3.05, 3.63) is 77.4 Å². The molecular weight excluding hydrogens is 533 g/mol. The van der Waals surface area contributed by atoms with Crippen molar-refractivity contribution >= 4 is 75.6 Å². The van der Waals surface area contributed by atoms with Crippen LogP contribution in [0.5, 0.6) is 5.75 Å². The molecule has 2 bridgehead atoms. The zero-order valence-electron chi connectivity index (χ0n) is 17.0. The summed E-state index contributed by atoms with van der Waals surface area (Å²) in [6, 6.07) is 14.2. The molecule has 0 aromatic heterocycles. The van der Waals surface area contributed by atoms with Crippen LogP contribution in [0.4, 0.5) is 0 Å². The molecule has 2 aromatic rings. The van der Waals surface area contributed by atoms with Crippen molar-refractivity contribution in [2.75, 3.05) is 0 Å². The smallest absolute Gasteiger partial charge is 0.308 e. The van der Waals surface area contributed by atoms with Gasteiger partial charge in [0, 0.05) is 6.92 Å². The van der Waals surface area contributed by atoms with Gasteiger partial charge in [-0.15, -0.1) is 0 Å². The van der Waals surface area contributed by atoms with E-state index in [2.05, 4.69) is 12.2 Å². The lowest BCUT2D eigenvalue weighted by molar-refractivity contribution is -0.131. The van der Waals surface area contributed by atoms with Crippen molar-refractivity contribution < 1.29 is 9.53 Å². The van der Waals surface area contributed by atoms with E-state index in [-0.39, 0.29) is 0 Å². The minimum absolute atomic E-state index is 0.337. The van der Waals surface area contributed by atoms with Crippen LogP contribution in [0.25, 0.3) is 0 Å². The molecule has 4 rings (SSSR count). The van der Waals surface area contributed by atoms with E-state index in [1.54, 1.807) is 24.3 Å². The summed E-state index contributed by atoms with van der Waals surface area (Å²) in [7, 11) is 0. The molecule has 2 aliphatic rings. The van der Waals surface area contributed by atoms with Gasteiger partial charge < -0.3 is 4.74 Å². The number of esters is 1. The molecular formula is C24H20Cl6O2. The quantitative estimate of drug-likeness (QED) is 0.165. The standard InChI is InChI=1S/C24H20Cl6O2/c1-14(31)32-20-10-8-19(9-11-20)22(23(25,26)27,24(28,29)30)18-6-4-16(5-7-18)21-13-15-2-3-17(21)12-15/h2-11,15,17,21H,12-13H2,1H3. The van der Waals surface area contributed by atoms with E-state index in [4.69, 9.17) is 74.3 Å². The van der Waals surface area contributed by atoms with Crippen molar-refractivity contribution in [1.29, 1.82) is 0 Å². The van der Waals surface area contributed by atoms with Gasteiger partial charge in [0.25, 0.3) is 0 Å². The van der Waals surface area contributed by atoms with E-state index in [9.17, 15) is 4.79 Å². The lowest BCUT2D eigenvalue weighted by Crippen LogP contribution is -2.51. The van der Waals surface area contributed by atoms with Gasteiger partial charge in [-0.05, 0) is 59.4 Å². The van der Waals surface area contributed by atoms with E-state index >= 15 is 0 Å². The predicted molar refractivity (Wildman–Crippen MR) is 134 cm³/mol. The maximum Gasteiger partial charge on any atom is 0.308 e. The summed E-state index contributed by atoms with van der Waals surface area (Å²) in [6.07, 6.45) is 6.96. The molecule has 8 heteroatoms. The van der Waals surface area contributed by atoms with Gasteiger partial charge in [-0.3, -0.25) is 4.79 Å². The molecule has 0 heterocycles. The first-order chi connectivity index (χ1) is 14.9. The fourth-order valence-electron chi connectivity index (χ4n) is 5.07. The van der Waals surface area contributed by atoms with E-state index < -0.39 is 19.0 Å². The largest absolute Gasteiger partial charge is 0.427 e. The van der Waals surface area contributed by atoms with Crippen LogP contribution >= 0.6 is 69.6 Å². The third-order valence-corrected chi connectivity index (χ3v) is 8.15. The van der Waals surface area contributed by atoms with Gasteiger partial charge in [0.15, 0.2) is 0 Å². The minimum atomic E-state index is -2.02. The molecule has 0 radical (unpaired) electrons. The van der Waals surface area contributed by atoms with Crippen LogP contribution in [0.15, 0.2) is 60.7 Å². The third-order valence-electron chi connectivity index (χ3n) is 6.45. The Labute approximate surface area is 217 Å². The van der Waals surface area contributed by atoms with Gasteiger partial charge in [0.1, 0.15) is 11.2 Å². The number of hydrogen-bond acceptors (Lipinski definition) is 2. The second-order valence-corrected chi connectivity index (χ2v) is 12.9. The Bertz CT molecular complexity index is 1000. The SMILES string of the molecule is CC(=O)Oc1ccc(C(c2ccc(C3CC4C=CC3C4)cc2)(C(Cl)(Cl)Cl)C(Cl)(Cl)Cl)cc1. The van der Waals surface area contributed by atoms with Crippen LogP contribution in [0.3, 0.4) is 0 Å². The zero-order chi connectivity index (χ0) is 23.3. The van der Waals surface area contributed by atoms with E-state index in [0.29, 0.717) is 34.6 Å².